The molecule has 1 amide bonds. The number of aryl methyl sites for hydroxylation is 1. The van der Waals surface area contributed by atoms with Crippen LogP contribution in [0.4, 0.5) is 9.18 Å². The molecule has 2 aliphatic heterocycles. The normalized spacial score (nSPS) is 17.4. The van der Waals surface area contributed by atoms with Crippen molar-refractivity contribution in [3.63, 3.8) is 0 Å². The first-order valence-corrected chi connectivity index (χ1v) is 13.4. The standard InChI is InChI=1S/C28H37FN6O4/c1-19-14-21(16-30-25(19)37-5)35-23-7-13-38-12-6-22(23)24(32-35)20-15-31-34(17-20)18-28(29)8-10-33(11-9-28)26(36)39-27(2,3)4/h14-17H,6-13,18H2,1-5H3. The van der Waals surface area contributed by atoms with Gasteiger partial charge in [0.1, 0.15) is 11.3 Å². The maximum absolute atomic E-state index is 15.8. The van der Waals surface area contributed by atoms with Crippen LogP contribution in [-0.4, -0.2) is 80.2 Å². The van der Waals surface area contributed by atoms with Crippen LogP contribution in [0.1, 0.15) is 50.4 Å². The third-order valence-electron chi connectivity index (χ3n) is 7.19. The Hall–Kier alpha value is -3.47. The van der Waals surface area contributed by atoms with Crippen LogP contribution in [0.25, 0.3) is 16.9 Å². The quantitative estimate of drug-likeness (QED) is 0.476. The number of aromatic nitrogens is 5. The number of hydrogen-bond donors (Lipinski definition) is 0. The van der Waals surface area contributed by atoms with Crippen LogP contribution in [0.5, 0.6) is 5.88 Å². The zero-order chi connectivity index (χ0) is 27.8. The smallest absolute Gasteiger partial charge is 0.410 e. The van der Waals surface area contributed by atoms with Crippen molar-refractivity contribution >= 4 is 6.09 Å². The fourth-order valence-electron chi connectivity index (χ4n) is 5.21. The third kappa shape index (κ3) is 5.93. The minimum absolute atomic E-state index is 0.114. The Kier molecular flexibility index (Phi) is 7.37. The van der Waals surface area contributed by atoms with E-state index in [0.29, 0.717) is 32.2 Å². The Morgan fingerprint density at radius 3 is 2.62 bits per heavy atom. The van der Waals surface area contributed by atoms with E-state index in [0.717, 1.165) is 46.6 Å². The predicted octanol–water partition coefficient (Wildman–Crippen LogP) is 4.30. The average Bonchev–Trinajstić information content (AvgIpc) is 3.39. The van der Waals surface area contributed by atoms with Gasteiger partial charge in [-0.2, -0.15) is 10.2 Å². The molecule has 3 aromatic heterocycles. The van der Waals surface area contributed by atoms with E-state index < -0.39 is 17.4 Å². The monoisotopic (exact) mass is 540 g/mol. The van der Waals surface area contributed by atoms with E-state index in [1.54, 1.807) is 29.1 Å². The highest BCUT2D eigenvalue weighted by atomic mass is 19.1. The van der Waals surface area contributed by atoms with Crippen LogP contribution in [0.3, 0.4) is 0 Å². The molecule has 0 radical (unpaired) electrons. The minimum atomic E-state index is -1.46. The summed E-state index contributed by atoms with van der Waals surface area (Å²) in [6.45, 7) is 9.40. The van der Waals surface area contributed by atoms with Crippen LogP contribution < -0.4 is 4.74 Å². The molecular weight excluding hydrogens is 503 g/mol. The lowest BCUT2D eigenvalue weighted by Crippen LogP contribution is -2.47. The summed E-state index contributed by atoms with van der Waals surface area (Å²) < 4.78 is 35.9. The number of ether oxygens (including phenoxy) is 3. The Labute approximate surface area is 228 Å². The fourth-order valence-corrected chi connectivity index (χ4v) is 5.21. The van der Waals surface area contributed by atoms with Gasteiger partial charge in [0.05, 0.1) is 56.3 Å². The first kappa shape index (κ1) is 27.1. The highest BCUT2D eigenvalue weighted by Crippen LogP contribution is 2.33. The summed E-state index contributed by atoms with van der Waals surface area (Å²) in [7, 11) is 1.61. The summed E-state index contributed by atoms with van der Waals surface area (Å²) in [6, 6.07) is 2.01. The van der Waals surface area contributed by atoms with Gasteiger partial charge in [-0.15, -0.1) is 0 Å². The summed E-state index contributed by atoms with van der Waals surface area (Å²) in [5, 5.41) is 9.47. The molecular formula is C28H37FN6O4. The Bertz CT molecular complexity index is 1340. The number of fused-ring (bicyclic) bond motifs is 1. The molecule has 0 atom stereocenters. The number of carbonyl (C=O) groups excluding carboxylic acids is 1. The van der Waals surface area contributed by atoms with Crippen LogP contribution in [0, 0.1) is 6.92 Å². The first-order valence-electron chi connectivity index (χ1n) is 13.4. The lowest BCUT2D eigenvalue weighted by molar-refractivity contribution is -0.00134. The van der Waals surface area contributed by atoms with Gasteiger partial charge in [0.15, 0.2) is 0 Å². The molecule has 0 unspecified atom stereocenters. The summed E-state index contributed by atoms with van der Waals surface area (Å²) in [5.74, 6) is 0.582. The van der Waals surface area contributed by atoms with Gasteiger partial charge in [0.2, 0.25) is 5.88 Å². The number of likely N-dealkylation sites (tertiary alicyclic amines) is 1. The summed E-state index contributed by atoms with van der Waals surface area (Å²) in [6.07, 6.45) is 6.88. The zero-order valence-electron chi connectivity index (χ0n) is 23.4. The molecule has 0 aliphatic carbocycles. The first-order chi connectivity index (χ1) is 18.5. The zero-order valence-corrected chi connectivity index (χ0v) is 23.4. The van der Waals surface area contributed by atoms with E-state index >= 15 is 4.39 Å². The molecule has 5 heterocycles. The summed E-state index contributed by atoms with van der Waals surface area (Å²) in [4.78, 5) is 18.4. The second kappa shape index (κ2) is 10.6. The number of pyridine rings is 1. The Morgan fingerprint density at radius 2 is 1.92 bits per heavy atom. The van der Waals surface area contributed by atoms with Gasteiger partial charge in [-0.25, -0.2) is 18.9 Å². The van der Waals surface area contributed by atoms with Gasteiger partial charge in [-0.1, -0.05) is 0 Å². The van der Waals surface area contributed by atoms with Crippen LogP contribution in [0.15, 0.2) is 24.7 Å². The lowest BCUT2D eigenvalue weighted by Gasteiger charge is -2.36. The second-order valence-electron chi connectivity index (χ2n) is 11.4. The third-order valence-corrected chi connectivity index (χ3v) is 7.19. The minimum Gasteiger partial charge on any atom is -0.481 e. The molecule has 210 valence electrons. The number of methoxy groups -OCH3 is 1. The molecule has 3 aromatic rings. The number of halogens is 1. The van der Waals surface area contributed by atoms with Crippen LogP contribution in [0.2, 0.25) is 0 Å². The topological polar surface area (TPSA) is 96.5 Å². The van der Waals surface area contributed by atoms with Crippen molar-refractivity contribution < 1.29 is 23.4 Å². The number of alkyl halides is 1. The number of piperidine rings is 1. The molecule has 1 saturated heterocycles. The number of nitrogens with zero attached hydrogens (tertiary/aromatic N) is 6. The van der Waals surface area contributed by atoms with Crippen molar-refractivity contribution in [3.8, 4) is 22.8 Å². The van der Waals surface area contributed by atoms with E-state index in [-0.39, 0.29) is 19.4 Å². The molecule has 39 heavy (non-hydrogen) atoms. The Morgan fingerprint density at radius 1 is 1.18 bits per heavy atom. The van der Waals surface area contributed by atoms with Crippen LogP contribution >= 0.6 is 0 Å². The van der Waals surface area contributed by atoms with Crippen molar-refractivity contribution in [2.45, 2.75) is 71.2 Å². The summed E-state index contributed by atoms with van der Waals surface area (Å²) >= 11 is 0. The highest BCUT2D eigenvalue weighted by Gasteiger charge is 2.38. The highest BCUT2D eigenvalue weighted by molar-refractivity contribution is 5.68. The molecule has 11 heteroatoms. The number of amides is 1. The molecule has 0 aromatic carbocycles. The lowest BCUT2D eigenvalue weighted by atomic mass is 9.93. The van der Waals surface area contributed by atoms with Crippen molar-refractivity contribution in [3.05, 3.63) is 41.5 Å². The molecule has 0 N–H and O–H groups in total. The number of carbonyl (C=O) groups is 1. The predicted molar refractivity (Wildman–Crippen MR) is 143 cm³/mol. The number of hydrogen-bond acceptors (Lipinski definition) is 7. The average molecular weight is 541 g/mol. The van der Waals surface area contributed by atoms with Gasteiger partial charge in [-0.3, -0.25) is 4.68 Å². The van der Waals surface area contributed by atoms with E-state index in [4.69, 9.17) is 19.3 Å². The van der Waals surface area contributed by atoms with E-state index in [1.165, 1.54) is 0 Å². The van der Waals surface area contributed by atoms with Gasteiger partial charge >= 0.3 is 6.09 Å². The molecule has 0 bridgehead atoms. The van der Waals surface area contributed by atoms with E-state index in [2.05, 4.69) is 10.1 Å². The SMILES string of the molecule is COc1ncc(-n2nc(-c3cnn(CC4(F)CCN(C(=O)OC(C)(C)C)CC4)c3)c3c2CCOCC3)cc1C. The van der Waals surface area contributed by atoms with Gasteiger partial charge < -0.3 is 19.1 Å². The maximum Gasteiger partial charge on any atom is 0.410 e. The van der Waals surface area contributed by atoms with Crippen molar-refractivity contribution in [1.82, 2.24) is 29.4 Å². The van der Waals surface area contributed by atoms with Gasteiger partial charge in [0, 0.05) is 55.2 Å². The molecule has 1 fully saturated rings. The maximum atomic E-state index is 15.8. The van der Waals surface area contributed by atoms with E-state index in [1.807, 2.05) is 44.6 Å². The molecule has 2 aliphatic rings. The fraction of sp³-hybridized carbons (Fsp3) is 0.571. The summed E-state index contributed by atoms with van der Waals surface area (Å²) in [5.41, 5.74) is 3.58. The largest absolute Gasteiger partial charge is 0.481 e. The van der Waals surface area contributed by atoms with E-state index in [9.17, 15) is 4.79 Å². The number of rotatable bonds is 5. The molecule has 10 nitrogen and oxygen atoms in total. The second-order valence-corrected chi connectivity index (χ2v) is 11.4. The molecule has 0 saturated carbocycles. The van der Waals surface area contributed by atoms with Gasteiger partial charge in [-0.05, 0) is 40.2 Å². The van der Waals surface area contributed by atoms with Crippen molar-refractivity contribution in [2.75, 3.05) is 33.4 Å². The van der Waals surface area contributed by atoms with Crippen LogP contribution in [-0.2, 0) is 28.9 Å². The van der Waals surface area contributed by atoms with Gasteiger partial charge in [0.25, 0.3) is 0 Å². The van der Waals surface area contributed by atoms with Crippen molar-refractivity contribution in [2.24, 2.45) is 0 Å². The van der Waals surface area contributed by atoms with Crippen molar-refractivity contribution in [1.29, 1.82) is 0 Å². The Balaban J connectivity index is 1.35. The molecule has 0 spiro atoms. The molecule has 5 rings (SSSR count).